The molecule has 0 saturated carbocycles. The fraction of sp³-hybridized carbons (Fsp3) is 0.333. The van der Waals surface area contributed by atoms with Crippen LogP contribution < -0.4 is 15.5 Å². The van der Waals surface area contributed by atoms with Crippen molar-refractivity contribution in [2.45, 2.75) is 50.7 Å². The van der Waals surface area contributed by atoms with Crippen molar-refractivity contribution in [3.8, 4) is 0 Å². The van der Waals surface area contributed by atoms with Gasteiger partial charge < -0.3 is 20.4 Å². The number of nitrogens with zero attached hydrogens (tertiary/aromatic N) is 2. The highest BCUT2D eigenvalue weighted by Crippen LogP contribution is 2.49. The second-order valence-corrected chi connectivity index (χ2v) is 10.1. The number of oxime groups is 1. The lowest BCUT2D eigenvalue weighted by molar-refractivity contribution is 0.0866. The lowest BCUT2D eigenvalue weighted by Gasteiger charge is -2.43. The number of carbonyl (C=O) groups excluding carboxylic acids is 1. The van der Waals surface area contributed by atoms with Crippen molar-refractivity contribution in [3.05, 3.63) is 95.1 Å². The van der Waals surface area contributed by atoms with E-state index in [1.807, 2.05) is 13.8 Å². The van der Waals surface area contributed by atoms with Gasteiger partial charge in [0, 0.05) is 36.3 Å². The molecule has 0 bridgehead atoms. The van der Waals surface area contributed by atoms with Crippen LogP contribution in [0.25, 0.3) is 0 Å². The van der Waals surface area contributed by atoms with Gasteiger partial charge in [-0.3, -0.25) is 0 Å². The first-order valence-electron chi connectivity index (χ1n) is 12.9. The lowest BCUT2D eigenvalue weighted by atomic mass is 9.76. The Hall–Kier alpha value is -3.80. The summed E-state index contributed by atoms with van der Waals surface area (Å²) in [5, 5.41) is 10.2. The average Bonchev–Trinajstić information content (AvgIpc) is 3.22. The van der Waals surface area contributed by atoms with Gasteiger partial charge in [-0.2, -0.15) is 0 Å². The largest absolute Gasteiger partial charge is 0.390 e. The van der Waals surface area contributed by atoms with Crippen molar-refractivity contribution in [1.29, 1.82) is 0 Å². The first-order valence-corrected chi connectivity index (χ1v) is 12.9. The molecule has 6 nitrogen and oxygen atoms in total. The van der Waals surface area contributed by atoms with E-state index < -0.39 is 0 Å². The highest BCUT2D eigenvalue weighted by molar-refractivity contribution is 5.96. The van der Waals surface area contributed by atoms with Crippen LogP contribution in [0.2, 0.25) is 0 Å². The third-order valence-electron chi connectivity index (χ3n) is 7.84. The summed E-state index contributed by atoms with van der Waals surface area (Å²) < 4.78 is 0. The Morgan fingerprint density at radius 1 is 0.917 bits per heavy atom. The van der Waals surface area contributed by atoms with Crippen molar-refractivity contribution in [3.63, 3.8) is 0 Å². The minimum atomic E-state index is -0.241. The molecule has 6 heteroatoms. The molecule has 2 N–H and O–H groups in total. The molecule has 0 radical (unpaired) electrons. The van der Waals surface area contributed by atoms with Crippen LogP contribution in [0.5, 0.6) is 0 Å². The number of amides is 2. The molecule has 0 aliphatic carbocycles. The predicted molar refractivity (Wildman–Crippen MR) is 144 cm³/mol. The number of benzene rings is 3. The Labute approximate surface area is 212 Å². The van der Waals surface area contributed by atoms with Gasteiger partial charge in [-0.25, -0.2) is 4.79 Å². The van der Waals surface area contributed by atoms with Gasteiger partial charge in [0.15, 0.2) is 0 Å². The average molecular weight is 481 g/mol. The van der Waals surface area contributed by atoms with Crippen LogP contribution in [-0.4, -0.2) is 37.0 Å². The van der Waals surface area contributed by atoms with Crippen LogP contribution in [0.1, 0.15) is 60.8 Å². The van der Waals surface area contributed by atoms with Gasteiger partial charge >= 0.3 is 6.03 Å². The fourth-order valence-electron chi connectivity index (χ4n) is 6.08. The van der Waals surface area contributed by atoms with Crippen molar-refractivity contribution in [2.75, 3.05) is 23.3 Å². The summed E-state index contributed by atoms with van der Waals surface area (Å²) in [5.74, 6) is 0.598. The van der Waals surface area contributed by atoms with E-state index in [2.05, 4.69) is 93.5 Å². The SMILES string of the molecule is CC1=NOC(C)C1NC(=O)Nc1cc2c3c(c1)C(c1ccccc1)CCN3CCC2c1ccccc1. The summed E-state index contributed by atoms with van der Waals surface area (Å²) in [6, 6.07) is 25.4. The van der Waals surface area contributed by atoms with E-state index in [9.17, 15) is 4.79 Å². The number of carbonyl (C=O) groups is 1. The maximum Gasteiger partial charge on any atom is 0.319 e. The second-order valence-electron chi connectivity index (χ2n) is 10.1. The van der Waals surface area contributed by atoms with Crippen molar-refractivity contribution in [1.82, 2.24) is 5.32 Å². The number of anilines is 2. The predicted octanol–water partition coefficient (Wildman–Crippen LogP) is 5.85. The Kier molecular flexibility index (Phi) is 5.88. The quantitative estimate of drug-likeness (QED) is 0.492. The molecule has 4 atom stereocenters. The molecule has 6 rings (SSSR count). The summed E-state index contributed by atoms with van der Waals surface area (Å²) in [6.45, 7) is 5.89. The molecule has 3 aromatic carbocycles. The van der Waals surface area contributed by atoms with Gasteiger partial charge in [-0.15, -0.1) is 0 Å². The van der Waals surface area contributed by atoms with Crippen LogP contribution >= 0.6 is 0 Å². The molecule has 0 spiro atoms. The smallest absolute Gasteiger partial charge is 0.319 e. The van der Waals surface area contributed by atoms with Gasteiger partial charge in [0.05, 0.1) is 5.71 Å². The third-order valence-corrected chi connectivity index (χ3v) is 7.84. The van der Waals surface area contributed by atoms with Gasteiger partial charge in [0.2, 0.25) is 0 Å². The second kappa shape index (κ2) is 9.34. The molecule has 4 unspecified atom stereocenters. The lowest BCUT2D eigenvalue weighted by Crippen LogP contribution is -2.46. The van der Waals surface area contributed by atoms with E-state index in [4.69, 9.17) is 4.84 Å². The van der Waals surface area contributed by atoms with Crippen molar-refractivity contribution in [2.24, 2.45) is 5.16 Å². The van der Waals surface area contributed by atoms with E-state index in [1.54, 1.807) is 0 Å². The molecular weight excluding hydrogens is 448 g/mol. The molecule has 0 saturated heterocycles. The van der Waals surface area contributed by atoms with Gasteiger partial charge in [0.25, 0.3) is 0 Å². The minimum Gasteiger partial charge on any atom is -0.390 e. The normalized spacial score (nSPS) is 24.4. The molecule has 3 aliphatic heterocycles. The zero-order valence-electron chi connectivity index (χ0n) is 20.8. The van der Waals surface area contributed by atoms with E-state index in [-0.39, 0.29) is 18.2 Å². The van der Waals surface area contributed by atoms with Crippen molar-refractivity contribution < 1.29 is 9.63 Å². The number of hydrogen-bond donors (Lipinski definition) is 2. The Bertz CT molecular complexity index is 1220. The summed E-state index contributed by atoms with van der Waals surface area (Å²) >= 11 is 0. The molecule has 2 amide bonds. The first kappa shape index (κ1) is 22.7. The number of hydrogen-bond acceptors (Lipinski definition) is 4. The minimum absolute atomic E-state index is 0.182. The number of nitrogens with one attached hydrogen (secondary N) is 2. The summed E-state index contributed by atoms with van der Waals surface area (Å²) in [4.78, 5) is 20.9. The van der Waals surface area contributed by atoms with Crippen LogP contribution in [0, 0.1) is 0 Å². The highest BCUT2D eigenvalue weighted by atomic mass is 16.6. The highest BCUT2D eigenvalue weighted by Gasteiger charge is 2.35. The maximum absolute atomic E-state index is 13.1. The fourth-order valence-corrected chi connectivity index (χ4v) is 6.08. The van der Waals surface area contributed by atoms with E-state index in [1.165, 1.54) is 27.9 Å². The van der Waals surface area contributed by atoms with Crippen LogP contribution in [0.15, 0.2) is 78.0 Å². The topological polar surface area (TPSA) is 66.0 Å². The first-order chi connectivity index (χ1) is 17.6. The Morgan fingerprint density at radius 2 is 1.47 bits per heavy atom. The van der Waals surface area contributed by atoms with E-state index in [0.29, 0.717) is 11.8 Å². The summed E-state index contributed by atoms with van der Waals surface area (Å²) in [5.41, 5.74) is 8.21. The molecule has 3 heterocycles. The van der Waals surface area contributed by atoms with Gasteiger partial charge in [-0.1, -0.05) is 65.8 Å². The molecular formula is C30H32N4O2. The molecule has 0 fully saturated rings. The Morgan fingerprint density at radius 3 is 1.97 bits per heavy atom. The molecule has 0 aromatic heterocycles. The number of rotatable bonds is 4. The van der Waals surface area contributed by atoms with Gasteiger partial charge in [-0.05, 0) is 61.1 Å². The molecule has 3 aliphatic rings. The summed E-state index contributed by atoms with van der Waals surface area (Å²) in [6.07, 6.45) is 1.95. The maximum atomic E-state index is 13.1. The van der Waals surface area contributed by atoms with Crippen LogP contribution in [0.3, 0.4) is 0 Å². The molecule has 184 valence electrons. The van der Waals surface area contributed by atoms with Crippen molar-refractivity contribution >= 4 is 23.1 Å². The monoisotopic (exact) mass is 480 g/mol. The molecule has 36 heavy (non-hydrogen) atoms. The van der Waals surface area contributed by atoms with Crippen LogP contribution in [-0.2, 0) is 4.84 Å². The van der Waals surface area contributed by atoms with E-state index in [0.717, 1.165) is 37.3 Å². The van der Waals surface area contributed by atoms with Gasteiger partial charge in [0.1, 0.15) is 12.1 Å². The standard InChI is InChI=1S/C30H32N4O2/c1-19-28(20(2)36-33-19)32-30(35)31-23-17-26-24(21-9-5-3-6-10-21)13-15-34-16-14-25(27(18-23)29(26)34)22-11-7-4-8-12-22/h3-12,17-18,20,24-25,28H,13-16H2,1-2H3,(H2,31,32,35). The Balaban J connectivity index is 1.40. The zero-order chi connectivity index (χ0) is 24.6. The number of urea groups is 1. The zero-order valence-corrected chi connectivity index (χ0v) is 20.8. The van der Waals surface area contributed by atoms with Crippen LogP contribution in [0.4, 0.5) is 16.2 Å². The molecule has 3 aromatic rings. The van der Waals surface area contributed by atoms with E-state index >= 15 is 0 Å². The third kappa shape index (κ3) is 4.11. The summed E-state index contributed by atoms with van der Waals surface area (Å²) in [7, 11) is 0.